The zero-order valence-corrected chi connectivity index (χ0v) is 17.7. The van der Waals surface area contributed by atoms with Gasteiger partial charge in [0.2, 0.25) is 0 Å². The predicted molar refractivity (Wildman–Crippen MR) is 110 cm³/mol. The minimum Gasteiger partial charge on any atom is -0.450 e. The minimum atomic E-state index is -0.341. The van der Waals surface area contributed by atoms with E-state index >= 15 is 0 Å². The van der Waals surface area contributed by atoms with Gasteiger partial charge < -0.3 is 25.4 Å². The van der Waals surface area contributed by atoms with Crippen LogP contribution in [0.5, 0.6) is 0 Å². The lowest BCUT2D eigenvalue weighted by Crippen LogP contribution is -2.48. The van der Waals surface area contributed by atoms with Crippen molar-refractivity contribution in [2.75, 3.05) is 40.0 Å². The number of halogens is 1. The third-order valence-electron chi connectivity index (χ3n) is 4.29. The Kier molecular flexibility index (Phi) is 11.2. The summed E-state index contributed by atoms with van der Waals surface area (Å²) >= 11 is 0. The first kappa shape index (κ1) is 22.3. The van der Waals surface area contributed by atoms with Crippen molar-refractivity contribution in [1.82, 2.24) is 16.0 Å². The molecule has 0 saturated heterocycles. The monoisotopic (exact) mass is 468 g/mol. The predicted octanol–water partition coefficient (Wildman–Crippen LogP) is 2.11. The maximum atomic E-state index is 11.6. The minimum absolute atomic E-state index is 0. The summed E-state index contributed by atoms with van der Waals surface area (Å²) in [6.45, 7) is 5.38. The van der Waals surface area contributed by atoms with E-state index < -0.39 is 0 Å². The van der Waals surface area contributed by atoms with Crippen LogP contribution in [0.4, 0.5) is 4.79 Å². The van der Waals surface area contributed by atoms with Gasteiger partial charge >= 0.3 is 6.09 Å². The molecule has 8 heteroatoms. The fraction of sp³-hybridized carbons (Fsp3) is 0.882. The van der Waals surface area contributed by atoms with Gasteiger partial charge in [0.25, 0.3) is 0 Å². The summed E-state index contributed by atoms with van der Waals surface area (Å²) in [4.78, 5) is 15.8. The van der Waals surface area contributed by atoms with Crippen molar-refractivity contribution in [3.8, 4) is 0 Å². The quantitative estimate of drug-likeness (QED) is 0.187. The Morgan fingerprint density at radius 1 is 1.24 bits per heavy atom. The molecule has 0 aromatic carbocycles. The van der Waals surface area contributed by atoms with Crippen LogP contribution in [0, 0.1) is 11.8 Å². The maximum absolute atomic E-state index is 11.6. The molecule has 0 radical (unpaired) electrons. The van der Waals surface area contributed by atoms with Gasteiger partial charge in [-0.2, -0.15) is 0 Å². The molecule has 0 aromatic heterocycles. The molecule has 25 heavy (non-hydrogen) atoms. The van der Waals surface area contributed by atoms with E-state index in [1.54, 1.807) is 7.05 Å². The van der Waals surface area contributed by atoms with Crippen molar-refractivity contribution < 1.29 is 14.3 Å². The normalized spacial score (nSPS) is 18.1. The SMILES string of the molecule is CCOC(=O)NC(CNC(=NC)NCCCOCC1CC1)C1CC1.I. The van der Waals surface area contributed by atoms with Crippen molar-refractivity contribution in [1.29, 1.82) is 0 Å². The molecule has 1 amide bonds. The van der Waals surface area contributed by atoms with E-state index in [4.69, 9.17) is 9.47 Å². The first-order valence-electron chi connectivity index (χ1n) is 9.18. The molecule has 3 N–H and O–H groups in total. The molecular formula is C17H33IN4O3. The van der Waals surface area contributed by atoms with Gasteiger partial charge in [-0.3, -0.25) is 4.99 Å². The van der Waals surface area contributed by atoms with Crippen LogP contribution in [0.2, 0.25) is 0 Å². The highest BCUT2D eigenvalue weighted by atomic mass is 127. The van der Waals surface area contributed by atoms with Crippen LogP contribution in [0.3, 0.4) is 0 Å². The molecule has 2 rings (SSSR count). The lowest BCUT2D eigenvalue weighted by atomic mass is 10.2. The zero-order chi connectivity index (χ0) is 17.2. The first-order valence-corrected chi connectivity index (χ1v) is 9.18. The molecule has 0 aromatic rings. The molecule has 1 unspecified atom stereocenters. The van der Waals surface area contributed by atoms with Crippen molar-refractivity contribution in [2.24, 2.45) is 16.8 Å². The number of guanidine groups is 1. The van der Waals surface area contributed by atoms with E-state index in [9.17, 15) is 4.79 Å². The Balaban J connectivity index is 0.00000312. The third kappa shape index (κ3) is 10.1. The second-order valence-corrected chi connectivity index (χ2v) is 6.56. The van der Waals surface area contributed by atoms with Gasteiger partial charge in [-0.25, -0.2) is 4.79 Å². The second kappa shape index (κ2) is 12.6. The van der Waals surface area contributed by atoms with Gasteiger partial charge in [-0.15, -0.1) is 24.0 Å². The molecule has 2 fully saturated rings. The van der Waals surface area contributed by atoms with Gasteiger partial charge in [0.1, 0.15) is 0 Å². The number of carbonyl (C=O) groups is 1. The van der Waals surface area contributed by atoms with Crippen molar-refractivity contribution in [3.05, 3.63) is 0 Å². The average molecular weight is 468 g/mol. The van der Waals surface area contributed by atoms with E-state index in [-0.39, 0.29) is 36.1 Å². The van der Waals surface area contributed by atoms with Crippen LogP contribution >= 0.6 is 24.0 Å². The summed E-state index contributed by atoms with van der Waals surface area (Å²) in [5.41, 5.74) is 0. The van der Waals surface area contributed by atoms with Crippen molar-refractivity contribution >= 4 is 36.0 Å². The number of alkyl carbamates (subject to hydrolysis) is 1. The summed E-state index contributed by atoms with van der Waals surface area (Å²) in [6, 6.07) is 0.0875. The lowest BCUT2D eigenvalue weighted by molar-refractivity contribution is 0.123. The van der Waals surface area contributed by atoms with Crippen LogP contribution < -0.4 is 16.0 Å². The van der Waals surface area contributed by atoms with Crippen molar-refractivity contribution in [2.45, 2.75) is 45.1 Å². The van der Waals surface area contributed by atoms with E-state index in [2.05, 4.69) is 20.9 Å². The molecule has 1 atom stereocenters. The molecule has 146 valence electrons. The summed E-state index contributed by atoms with van der Waals surface area (Å²) in [6.07, 6.45) is 5.59. The number of amides is 1. The average Bonchev–Trinajstić information content (AvgIpc) is 3.46. The second-order valence-electron chi connectivity index (χ2n) is 6.56. The summed E-state index contributed by atoms with van der Waals surface area (Å²) in [5, 5.41) is 9.50. The number of ether oxygens (including phenoxy) is 2. The van der Waals surface area contributed by atoms with E-state index in [0.29, 0.717) is 19.1 Å². The summed E-state index contributed by atoms with van der Waals surface area (Å²) in [5.74, 6) is 2.11. The largest absolute Gasteiger partial charge is 0.450 e. The Hall–Kier alpha value is -0.770. The van der Waals surface area contributed by atoms with Crippen LogP contribution in [-0.2, 0) is 9.47 Å². The van der Waals surface area contributed by atoms with Crippen LogP contribution in [0.15, 0.2) is 4.99 Å². The lowest BCUT2D eigenvalue weighted by Gasteiger charge is -2.20. The van der Waals surface area contributed by atoms with Gasteiger partial charge in [-0.1, -0.05) is 0 Å². The molecule has 0 bridgehead atoms. The zero-order valence-electron chi connectivity index (χ0n) is 15.4. The fourth-order valence-electron chi connectivity index (χ4n) is 2.50. The van der Waals surface area contributed by atoms with Gasteiger partial charge in [0.05, 0.1) is 12.6 Å². The Morgan fingerprint density at radius 3 is 2.60 bits per heavy atom. The summed E-state index contributed by atoms with van der Waals surface area (Å²) in [7, 11) is 1.75. The van der Waals surface area contributed by atoms with E-state index in [1.807, 2.05) is 6.92 Å². The highest BCUT2D eigenvalue weighted by Crippen LogP contribution is 2.32. The van der Waals surface area contributed by atoms with Gasteiger partial charge in [0.15, 0.2) is 5.96 Å². The van der Waals surface area contributed by atoms with Crippen molar-refractivity contribution in [3.63, 3.8) is 0 Å². The number of carbonyl (C=O) groups excluding carboxylic acids is 1. The smallest absolute Gasteiger partial charge is 0.407 e. The number of hydrogen-bond acceptors (Lipinski definition) is 4. The molecule has 0 heterocycles. The van der Waals surface area contributed by atoms with Crippen LogP contribution in [0.1, 0.15) is 39.0 Å². The standard InChI is InChI=1S/C17H32N4O3.HI/c1-3-24-17(22)21-15(14-7-8-14)11-20-16(18-2)19-9-4-10-23-12-13-5-6-13;/h13-15H,3-12H2,1-2H3,(H,21,22)(H2,18,19,20);1H. The molecular weight excluding hydrogens is 435 g/mol. The molecule has 0 spiro atoms. The third-order valence-corrected chi connectivity index (χ3v) is 4.29. The van der Waals surface area contributed by atoms with Crippen LogP contribution in [0.25, 0.3) is 0 Å². The number of rotatable bonds is 11. The number of nitrogens with zero attached hydrogens (tertiary/aromatic N) is 1. The maximum Gasteiger partial charge on any atom is 0.407 e. The Labute approximate surface area is 168 Å². The number of hydrogen-bond donors (Lipinski definition) is 3. The highest BCUT2D eigenvalue weighted by molar-refractivity contribution is 14.0. The Morgan fingerprint density at radius 2 is 2.00 bits per heavy atom. The van der Waals surface area contributed by atoms with Crippen LogP contribution in [-0.4, -0.2) is 58.1 Å². The van der Waals surface area contributed by atoms with Gasteiger partial charge in [0, 0.05) is 33.4 Å². The van der Waals surface area contributed by atoms with E-state index in [1.165, 1.54) is 12.8 Å². The van der Waals surface area contributed by atoms with E-state index in [0.717, 1.165) is 50.9 Å². The molecule has 2 saturated carbocycles. The molecule has 7 nitrogen and oxygen atoms in total. The molecule has 2 aliphatic rings. The first-order chi connectivity index (χ1) is 11.7. The summed E-state index contributed by atoms with van der Waals surface area (Å²) < 4.78 is 10.6. The molecule has 0 aliphatic heterocycles. The number of aliphatic imine (C=N–C) groups is 1. The Bertz CT molecular complexity index is 415. The topological polar surface area (TPSA) is 84.0 Å². The highest BCUT2D eigenvalue weighted by Gasteiger charge is 2.32. The fourth-order valence-corrected chi connectivity index (χ4v) is 2.50. The van der Waals surface area contributed by atoms with Gasteiger partial charge in [-0.05, 0) is 50.9 Å². The molecule has 2 aliphatic carbocycles. The number of nitrogens with one attached hydrogen (secondary N) is 3.